The SMILES string of the molecule is Cc1c(-c2ccc[nH]2)c(=O)oc2cc(NC3C(O)OC(CO)[C@@H](O)[C@@H]3O)ccc12. The molecule has 1 aliphatic heterocycles. The van der Waals surface area contributed by atoms with Gasteiger partial charge in [0.05, 0.1) is 17.9 Å². The van der Waals surface area contributed by atoms with Gasteiger partial charge in [-0.2, -0.15) is 0 Å². The van der Waals surface area contributed by atoms with E-state index in [1.54, 1.807) is 36.5 Å². The van der Waals surface area contributed by atoms with Gasteiger partial charge < -0.3 is 39.9 Å². The number of ether oxygens (including phenoxy) is 1. The van der Waals surface area contributed by atoms with Crippen molar-refractivity contribution in [3.8, 4) is 11.3 Å². The zero-order chi connectivity index (χ0) is 20.7. The highest BCUT2D eigenvalue weighted by atomic mass is 16.6. The molecule has 3 unspecified atom stereocenters. The Labute approximate surface area is 165 Å². The molecule has 0 amide bonds. The monoisotopic (exact) mass is 402 g/mol. The van der Waals surface area contributed by atoms with Crippen molar-refractivity contribution >= 4 is 16.7 Å². The zero-order valence-electron chi connectivity index (χ0n) is 15.6. The lowest BCUT2D eigenvalue weighted by Crippen LogP contribution is -2.61. The fourth-order valence-corrected chi connectivity index (χ4v) is 3.69. The summed E-state index contributed by atoms with van der Waals surface area (Å²) in [4.78, 5) is 15.5. The van der Waals surface area contributed by atoms with Crippen molar-refractivity contribution in [1.82, 2.24) is 4.98 Å². The van der Waals surface area contributed by atoms with Crippen LogP contribution in [0, 0.1) is 6.92 Å². The number of aryl methyl sites for hydroxylation is 1. The molecule has 0 bridgehead atoms. The van der Waals surface area contributed by atoms with E-state index in [1.807, 2.05) is 6.92 Å². The van der Waals surface area contributed by atoms with Crippen LogP contribution in [0.25, 0.3) is 22.2 Å². The summed E-state index contributed by atoms with van der Waals surface area (Å²) < 4.78 is 10.6. The van der Waals surface area contributed by atoms with E-state index in [1.165, 1.54) is 0 Å². The Morgan fingerprint density at radius 3 is 2.66 bits per heavy atom. The van der Waals surface area contributed by atoms with Crippen LogP contribution in [0.3, 0.4) is 0 Å². The summed E-state index contributed by atoms with van der Waals surface area (Å²) in [5.41, 5.74) is 2.17. The number of aromatic nitrogens is 1. The number of aliphatic hydroxyl groups excluding tert-OH is 4. The molecule has 5 atom stereocenters. The van der Waals surface area contributed by atoms with Crippen LogP contribution in [0.15, 0.2) is 45.7 Å². The molecule has 1 saturated heterocycles. The smallest absolute Gasteiger partial charge is 0.345 e. The van der Waals surface area contributed by atoms with E-state index in [0.29, 0.717) is 22.5 Å². The number of benzene rings is 1. The molecular formula is C20H22N2O7. The molecule has 3 heterocycles. The van der Waals surface area contributed by atoms with Crippen molar-refractivity contribution in [1.29, 1.82) is 0 Å². The third-order valence-electron chi connectivity index (χ3n) is 5.27. The lowest BCUT2D eigenvalue weighted by Gasteiger charge is -2.40. The number of fused-ring (bicyclic) bond motifs is 1. The maximum Gasteiger partial charge on any atom is 0.345 e. The maximum atomic E-state index is 12.5. The van der Waals surface area contributed by atoms with E-state index in [2.05, 4.69) is 10.3 Å². The van der Waals surface area contributed by atoms with E-state index in [4.69, 9.17) is 14.3 Å². The summed E-state index contributed by atoms with van der Waals surface area (Å²) >= 11 is 0. The molecule has 1 aromatic carbocycles. The van der Waals surface area contributed by atoms with Crippen LogP contribution < -0.4 is 10.9 Å². The van der Waals surface area contributed by atoms with Crippen LogP contribution >= 0.6 is 0 Å². The standard InChI is InChI=1S/C20H22N2O7/c1-9-11-5-4-10(22-16-18(25)17(24)14(8-23)29-20(16)27)7-13(11)28-19(26)15(9)12-3-2-6-21-12/h2-7,14,16-18,20-25,27H,8H2,1H3/t14?,16?,17-,18-,20?/m1/s1. The van der Waals surface area contributed by atoms with E-state index >= 15 is 0 Å². The third-order valence-corrected chi connectivity index (χ3v) is 5.27. The lowest BCUT2D eigenvalue weighted by atomic mass is 9.96. The number of hydrogen-bond acceptors (Lipinski definition) is 8. The molecule has 29 heavy (non-hydrogen) atoms. The Bertz CT molecular complexity index is 1060. The van der Waals surface area contributed by atoms with Gasteiger partial charge in [0.1, 0.15) is 29.9 Å². The van der Waals surface area contributed by atoms with Gasteiger partial charge in [-0.05, 0) is 36.8 Å². The summed E-state index contributed by atoms with van der Waals surface area (Å²) in [6.07, 6.45) is -3.56. The van der Waals surface area contributed by atoms with E-state index < -0.39 is 42.9 Å². The molecule has 1 fully saturated rings. The predicted octanol–water partition coefficient (Wildman–Crippen LogP) is 0.308. The summed E-state index contributed by atoms with van der Waals surface area (Å²) in [5, 5.41) is 43.2. The molecule has 9 heteroatoms. The van der Waals surface area contributed by atoms with Crippen molar-refractivity contribution in [2.24, 2.45) is 0 Å². The van der Waals surface area contributed by atoms with Crippen molar-refractivity contribution in [2.75, 3.05) is 11.9 Å². The first-order valence-corrected chi connectivity index (χ1v) is 9.19. The second kappa shape index (κ2) is 7.62. The molecule has 0 radical (unpaired) electrons. The zero-order valence-corrected chi connectivity index (χ0v) is 15.6. The quantitative estimate of drug-likeness (QED) is 0.342. The Morgan fingerprint density at radius 2 is 1.97 bits per heavy atom. The molecule has 0 spiro atoms. The summed E-state index contributed by atoms with van der Waals surface area (Å²) in [7, 11) is 0. The first-order chi connectivity index (χ1) is 13.9. The van der Waals surface area contributed by atoms with E-state index in [-0.39, 0.29) is 0 Å². The molecule has 6 N–H and O–H groups in total. The average Bonchev–Trinajstić information content (AvgIpc) is 3.22. The van der Waals surface area contributed by atoms with Crippen molar-refractivity contribution in [3.05, 3.63) is 52.5 Å². The highest BCUT2D eigenvalue weighted by Crippen LogP contribution is 2.29. The minimum Gasteiger partial charge on any atom is -0.422 e. The van der Waals surface area contributed by atoms with Crippen LogP contribution in [0.1, 0.15) is 5.56 Å². The number of anilines is 1. The minimum atomic E-state index is -1.45. The van der Waals surface area contributed by atoms with Gasteiger partial charge in [0.25, 0.3) is 0 Å². The normalized spacial score (nSPS) is 27.3. The second-order valence-corrected chi connectivity index (χ2v) is 7.08. The molecule has 1 aliphatic rings. The van der Waals surface area contributed by atoms with Gasteiger partial charge in [-0.25, -0.2) is 4.79 Å². The maximum absolute atomic E-state index is 12.5. The Kier molecular flexibility index (Phi) is 5.15. The van der Waals surface area contributed by atoms with E-state index in [0.717, 1.165) is 10.9 Å². The second-order valence-electron chi connectivity index (χ2n) is 7.08. The fourth-order valence-electron chi connectivity index (χ4n) is 3.69. The predicted molar refractivity (Wildman–Crippen MR) is 104 cm³/mol. The summed E-state index contributed by atoms with van der Waals surface area (Å²) in [6, 6.07) is 7.58. The number of H-pyrrole nitrogens is 1. The molecule has 9 nitrogen and oxygen atoms in total. The molecule has 154 valence electrons. The van der Waals surface area contributed by atoms with Crippen LogP contribution in [0.5, 0.6) is 0 Å². The first kappa shape index (κ1) is 19.6. The van der Waals surface area contributed by atoms with Crippen LogP contribution in [-0.2, 0) is 4.74 Å². The van der Waals surface area contributed by atoms with E-state index in [9.17, 15) is 20.1 Å². The minimum absolute atomic E-state index is 0.335. The van der Waals surface area contributed by atoms with Gasteiger partial charge in [-0.1, -0.05) is 0 Å². The highest BCUT2D eigenvalue weighted by Gasteiger charge is 2.43. The Morgan fingerprint density at radius 1 is 1.17 bits per heavy atom. The van der Waals surface area contributed by atoms with Gasteiger partial charge in [0.2, 0.25) is 0 Å². The van der Waals surface area contributed by atoms with Crippen molar-refractivity contribution in [3.63, 3.8) is 0 Å². The molecule has 2 aromatic heterocycles. The van der Waals surface area contributed by atoms with Crippen LogP contribution in [-0.4, -0.2) is 62.7 Å². The summed E-state index contributed by atoms with van der Waals surface area (Å²) in [6.45, 7) is 1.29. The molecular weight excluding hydrogens is 380 g/mol. The van der Waals surface area contributed by atoms with Crippen molar-refractivity contribution < 1.29 is 29.6 Å². The molecule has 0 aliphatic carbocycles. The molecule has 3 aromatic rings. The van der Waals surface area contributed by atoms with Gasteiger partial charge in [-0.3, -0.25) is 0 Å². The Balaban J connectivity index is 1.66. The first-order valence-electron chi connectivity index (χ1n) is 9.19. The van der Waals surface area contributed by atoms with Crippen LogP contribution in [0.4, 0.5) is 5.69 Å². The number of aromatic amines is 1. The van der Waals surface area contributed by atoms with Crippen LogP contribution in [0.2, 0.25) is 0 Å². The largest absolute Gasteiger partial charge is 0.422 e. The van der Waals surface area contributed by atoms with Gasteiger partial charge in [0, 0.05) is 23.3 Å². The van der Waals surface area contributed by atoms with Gasteiger partial charge in [-0.15, -0.1) is 0 Å². The summed E-state index contributed by atoms with van der Waals surface area (Å²) in [5.74, 6) is 0. The number of nitrogens with one attached hydrogen (secondary N) is 2. The Hall–Kier alpha value is -2.69. The van der Waals surface area contributed by atoms with Gasteiger partial charge in [0.15, 0.2) is 6.29 Å². The molecule has 4 rings (SSSR count). The highest BCUT2D eigenvalue weighted by molar-refractivity contribution is 5.88. The number of aliphatic hydroxyl groups is 4. The third kappa shape index (κ3) is 3.43. The topological polar surface area (TPSA) is 148 Å². The lowest BCUT2D eigenvalue weighted by molar-refractivity contribution is -0.245. The molecule has 0 saturated carbocycles. The number of rotatable bonds is 4. The number of hydrogen-bond donors (Lipinski definition) is 6. The fraction of sp³-hybridized carbons (Fsp3) is 0.350. The van der Waals surface area contributed by atoms with Gasteiger partial charge >= 0.3 is 5.63 Å². The van der Waals surface area contributed by atoms with Crippen molar-refractivity contribution in [2.45, 2.75) is 37.6 Å². The average molecular weight is 402 g/mol.